The summed E-state index contributed by atoms with van der Waals surface area (Å²) in [5.74, 6) is 0.231. The van der Waals surface area contributed by atoms with Crippen LogP contribution >= 0.6 is 0 Å². The zero-order valence-electron chi connectivity index (χ0n) is 12.4. The number of piperidine rings is 1. The van der Waals surface area contributed by atoms with Gasteiger partial charge < -0.3 is 14.4 Å². The van der Waals surface area contributed by atoms with Crippen LogP contribution in [-0.4, -0.2) is 48.6 Å². The average Bonchev–Trinajstić information content (AvgIpc) is 2.52. The van der Waals surface area contributed by atoms with Gasteiger partial charge in [-0.1, -0.05) is 6.92 Å². The lowest BCUT2D eigenvalue weighted by Gasteiger charge is -2.30. The Bertz CT molecular complexity index is 501. The van der Waals surface area contributed by atoms with Gasteiger partial charge in [0.1, 0.15) is 0 Å². The molecule has 0 bridgehead atoms. The van der Waals surface area contributed by atoms with Crippen LogP contribution in [0.2, 0.25) is 0 Å². The number of likely N-dealkylation sites (tertiary alicyclic amines) is 1. The normalized spacial score (nSPS) is 18.2. The van der Waals surface area contributed by atoms with E-state index in [-0.39, 0.29) is 12.5 Å². The third-order valence-electron chi connectivity index (χ3n) is 3.52. The Hall–Kier alpha value is -2.11. The lowest BCUT2D eigenvalue weighted by molar-refractivity contribution is -0.136. The minimum absolute atomic E-state index is 0.142. The molecule has 1 aliphatic rings. The van der Waals surface area contributed by atoms with Crippen LogP contribution in [0.25, 0.3) is 0 Å². The van der Waals surface area contributed by atoms with Gasteiger partial charge in [-0.2, -0.15) is 0 Å². The van der Waals surface area contributed by atoms with Gasteiger partial charge in [0.25, 0.3) is 5.91 Å². The van der Waals surface area contributed by atoms with E-state index in [1.54, 1.807) is 17.0 Å². The molecule has 0 spiro atoms. The summed E-state index contributed by atoms with van der Waals surface area (Å²) in [5, 5.41) is 0. The van der Waals surface area contributed by atoms with Gasteiger partial charge in [-0.3, -0.25) is 4.79 Å². The molecule has 1 atom stereocenters. The van der Waals surface area contributed by atoms with Crippen molar-refractivity contribution in [3.05, 3.63) is 23.9 Å². The van der Waals surface area contributed by atoms with Gasteiger partial charge in [-0.25, -0.2) is 9.78 Å². The monoisotopic (exact) mass is 292 g/mol. The molecule has 1 aromatic heterocycles. The highest BCUT2D eigenvalue weighted by molar-refractivity contribution is 5.91. The van der Waals surface area contributed by atoms with Crippen molar-refractivity contribution in [1.82, 2.24) is 9.88 Å². The number of carbonyl (C=O) groups excluding carboxylic acids is 2. The van der Waals surface area contributed by atoms with E-state index in [4.69, 9.17) is 9.47 Å². The summed E-state index contributed by atoms with van der Waals surface area (Å²) >= 11 is 0. The van der Waals surface area contributed by atoms with Crippen molar-refractivity contribution >= 4 is 11.9 Å². The van der Waals surface area contributed by atoms with Gasteiger partial charge in [0.05, 0.1) is 12.7 Å². The van der Waals surface area contributed by atoms with E-state index in [9.17, 15) is 9.59 Å². The quantitative estimate of drug-likeness (QED) is 0.787. The van der Waals surface area contributed by atoms with Crippen LogP contribution in [0.5, 0.6) is 5.88 Å². The maximum Gasteiger partial charge on any atom is 0.340 e. The molecule has 114 valence electrons. The topological polar surface area (TPSA) is 68.7 Å². The second-order valence-electron chi connectivity index (χ2n) is 5.25. The number of methoxy groups -OCH3 is 1. The molecule has 1 saturated heterocycles. The summed E-state index contributed by atoms with van der Waals surface area (Å²) in [6.07, 6.45) is 3.51. The lowest BCUT2D eigenvalue weighted by atomic mass is 10.0. The molecule has 1 aromatic rings. The van der Waals surface area contributed by atoms with E-state index in [1.165, 1.54) is 13.3 Å². The van der Waals surface area contributed by atoms with Crippen LogP contribution in [0.3, 0.4) is 0 Å². The molecule has 6 heteroatoms. The molecule has 6 nitrogen and oxygen atoms in total. The van der Waals surface area contributed by atoms with Crippen LogP contribution in [0.4, 0.5) is 0 Å². The molecule has 1 aliphatic heterocycles. The summed E-state index contributed by atoms with van der Waals surface area (Å²) in [4.78, 5) is 29.5. The van der Waals surface area contributed by atoms with Crippen molar-refractivity contribution in [3.8, 4) is 5.88 Å². The molecule has 0 aromatic carbocycles. The van der Waals surface area contributed by atoms with E-state index in [0.717, 1.165) is 25.9 Å². The summed E-state index contributed by atoms with van der Waals surface area (Å²) in [7, 11) is 1.50. The van der Waals surface area contributed by atoms with Gasteiger partial charge in [0.15, 0.2) is 6.61 Å². The molecule has 21 heavy (non-hydrogen) atoms. The number of rotatable bonds is 4. The minimum atomic E-state index is -0.552. The van der Waals surface area contributed by atoms with Crippen molar-refractivity contribution in [2.24, 2.45) is 5.92 Å². The van der Waals surface area contributed by atoms with Crippen molar-refractivity contribution < 1.29 is 19.1 Å². The number of carbonyl (C=O) groups is 2. The molecule has 0 saturated carbocycles. The van der Waals surface area contributed by atoms with E-state index in [1.807, 2.05) is 0 Å². The third kappa shape index (κ3) is 4.18. The van der Waals surface area contributed by atoms with Gasteiger partial charge in [0.2, 0.25) is 5.88 Å². The van der Waals surface area contributed by atoms with E-state index in [0.29, 0.717) is 17.4 Å². The number of amides is 1. The molecule has 2 rings (SSSR count). The first kappa shape index (κ1) is 15.3. The molecular formula is C15H20N2O4. The Morgan fingerprint density at radius 3 is 2.86 bits per heavy atom. The molecule has 0 radical (unpaired) electrons. The first-order chi connectivity index (χ1) is 10.1. The Kier molecular flexibility index (Phi) is 5.14. The highest BCUT2D eigenvalue weighted by atomic mass is 16.5. The SMILES string of the molecule is COc1ccc(C(=O)OCC(=O)N2CCCC(C)C2)cn1. The number of nitrogens with zero attached hydrogens (tertiary/aromatic N) is 2. The maximum atomic E-state index is 12.0. The van der Waals surface area contributed by atoms with Crippen molar-refractivity contribution in [2.45, 2.75) is 19.8 Å². The van der Waals surface area contributed by atoms with Gasteiger partial charge in [0, 0.05) is 25.4 Å². The summed E-state index contributed by atoms with van der Waals surface area (Å²) < 4.78 is 9.95. The van der Waals surface area contributed by atoms with Crippen LogP contribution < -0.4 is 4.74 Å². The van der Waals surface area contributed by atoms with E-state index >= 15 is 0 Å². The highest BCUT2D eigenvalue weighted by Gasteiger charge is 2.22. The van der Waals surface area contributed by atoms with Crippen molar-refractivity contribution in [1.29, 1.82) is 0 Å². The molecule has 1 amide bonds. The van der Waals surface area contributed by atoms with Crippen molar-refractivity contribution in [3.63, 3.8) is 0 Å². The Labute approximate surface area is 124 Å². The summed E-state index contributed by atoms with van der Waals surface area (Å²) in [5.41, 5.74) is 0.301. The first-order valence-electron chi connectivity index (χ1n) is 7.05. The molecule has 1 fully saturated rings. The first-order valence-corrected chi connectivity index (χ1v) is 7.05. The molecule has 1 unspecified atom stereocenters. The minimum Gasteiger partial charge on any atom is -0.481 e. The van der Waals surface area contributed by atoms with Crippen LogP contribution in [-0.2, 0) is 9.53 Å². The van der Waals surface area contributed by atoms with Gasteiger partial charge in [-0.05, 0) is 24.8 Å². The summed E-state index contributed by atoms with van der Waals surface area (Å²) in [6, 6.07) is 3.13. The predicted molar refractivity (Wildman–Crippen MR) is 76.0 cm³/mol. The van der Waals surface area contributed by atoms with Crippen LogP contribution in [0, 0.1) is 5.92 Å². The number of aromatic nitrogens is 1. The number of ether oxygens (including phenoxy) is 2. The van der Waals surface area contributed by atoms with E-state index in [2.05, 4.69) is 11.9 Å². The smallest absolute Gasteiger partial charge is 0.340 e. The predicted octanol–water partition coefficient (Wildman–Crippen LogP) is 1.51. The molecule has 2 heterocycles. The standard InChI is InChI=1S/C15H20N2O4/c1-11-4-3-7-17(9-11)14(18)10-21-15(19)12-5-6-13(20-2)16-8-12/h5-6,8,11H,3-4,7,9-10H2,1-2H3. The maximum absolute atomic E-state index is 12.0. The molecular weight excluding hydrogens is 272 g/mol. The Morgan fingerprint density at radius 2 is 2.24 bits per heavy atom. The fourth-order valence-corrected chi connectivity index (χ4v) is 2.34. The van der Waals surface area contributed by atoms with Gasteiger partial charge in [-0.15, -0.1) is 0 Å². The fraction of sp³-hybridized carbons (Fsp3) is 0.533. The molecule has 0 N–H and O–H groups in total. The Morgan fingerprint density at radius 1 is 1.43 bits per heavy atom. The zero-order chi connectivity index (χ0) is 15.2. The molecule has 0 aliphatic carbocycles. The number of hydrogen-bond acceptors (Lipinski definition) is 5. The highest BCUT2D eigenvalue weighted by Crippen LogP contribution is 2.15. The van der Waals surface area contributed by atoms with Crippen molar-refractivity contribution in [2.75, 3.05) is 26.8 Å². The largest absolute Gasteiger partial charge is 0.481 e. The number of esters is 1. The third-order valence-corrected chi connectivity index (χ3v) is 3.52. The average molecular weight is 292 g/mol. The van der Waals surface area contributed by atoms with Crippen LogP contribution in [0.15, 0.2) is 18.3 Å². The number of hydrogen-bond donors (Lipinski definition) is 0. The van der Waals surface area contributed by atoms with Gasteiger partial charge >= 0.3 is 5.97 Å². The second kappa shape index (κ2) is 7.06. The fourth-order valence-electron chi connectivity index (χ4n) is 2.34. The second-order valence-corrected chi connectivity index (χ2v) is 5.25. The van der Waals surface area contributed by atoms with E-state index < -0.39 is 5.97 Å². The lowest BCUT2D eigenvalue weighted by Crippen LogP contribution is -2.41. The summed E-state index contributed by atoms with van der Waals surface area (Å²) in [6.45, 7) is 3.37. The van der Waals surface area contributed by atoms with Crippen LogP contribution in [0.1, 0.15) is 30.1 Å². The zero-order valence-corrected chi connectivity index (χ0v) is 12.4. The number of pyridine rings is 1. The Balaban J connectivity index is 1.83.